The Bertz CT molecular complexity index is 630. The first-order chi connectivity index (χ1) is 14.0. The number of benzene rings is 1. The Morgan fingerprint density at radius 3 is 2.62 bits per heavy atom. The molecular formula is C22H38N4O3. The van der Waals surface area contributed by atoms with Gasteiger partial charge in [0.1, 0.15) is 12.4 Å². The SMILES string of the molecule is CN=C(NCc1ccc(C)cc1OCCOC)NCC(C(C)C)N1CCOCC1. The van der Waals surface area contributed by atoms with Gasteiger partial charge in [-0.3, -0.25) is 9.89 Å². The molecule has 0 amide bonds. The normalized spacial score (nSPS) is 16.7. The van der Waals surface area contributed by atoms with Gasteiger partial charge in [-0.25, -0.2) is 0 Å². The molecule has 0 saturated carbocycles. The summed E-state index contributed by atoms with van der Waals surface area (Å²) in [5.74, 6) is 2.24. The topological polar surface area (TPSA) is 67.4 Å². The predicted octanol–water partition coefficient (Wildman–Crippen LogP) is 2.04. The fraction of sp³-hybridized carbons (Fsp3) is 0.682. The smallest absolute Gasteiger partial charge is 0.191 e. The third-order valence-electron chi connectivity index (χ3n) is 5.20. The van der Waals surface area contributed by atoms with Crippen LogP contribution in [0.2, 0.25) is 0 Å². The summed E-state index contributed by atoms with van der Waals surface area (Å²) in [5, 5.41) is 6.91. The van der Waals surface area contributed by atoms with Crippen molar-refractivity contribution in [1.82, 2.24) is 15.5 Å². The van der Waals surface area contributed by atoms with Crippen LogP contribution in [0.3, 0.4) is 0 Å². The van der Waals surface area contributed by atoms with Crippen LogP contribution in [-0.4, -0.2) is 77.1 Å². The maximum Gasteiger partial charge on any atom is 0.191 e. The summed E-state index contributed by atoms with van der Waals surface area (Å²) in [7, 11) is 3.48. The molecule has 164 valence electrons. The van der Waals surface area contributed by atoms with Gasteiger partial charge in [0.25, 0.3) is 0 Å². The Morgan fingerprint density at radius 1 is 1.21 bits per heavy atom. The number of guanidine groups is 1. The molecule has 1 saturated heterocycles. The average Bonchev–Trinajstić information content (AvgIpc) is 2.72. The van der Waals surface area contributed by atoms with Crippen molar-refractivity contribution >= 4 is 5.96 Å². The lowest BCUT2D eigenvalue weighted by Crippen LogP contribution is -2.52. The molecule has 1 heterocycles. The van der Waals surface area contributed by atoms with Crippen LogP contribution in [0, 0.1) is 12.8 Å². The van der Waals surface area contributed by atoms with Crippen LogP contribution >= 0.6 is 0 Å². The number of aliphatic imine (C=N–C) groups is 1. The zero-order valence-corrected chi connectivity index (χ0v) is 18.7. The highest BCUT2D eigenvalue weighted by Crippen LogP contribution is 2.20. The molecule has 1 atom stereocenters. The van der Waals surface area contributed by atoms with E-state index >= 15 is 0 Å². The lowest BCUT2D eigenvalue weighted by atomic mass is 10.0. The van der Waals surface area contributed by atoms with Crippen LogP contribution < -0.4 is 15.4 Å². The van der Waals surface area contributed by atoms with Gasteiger partial charge in [-0.1, -0.05) is 26.0 Å². The molecule has 0 bridgehead atoms. The van der Waals surface area contributed by atoms with Crippen molar-refractivity contribution in [3.63, 3.8) is 0 Å². The molecule has 2 rings (SSSR count). The first-order valence-corrected chi connectivity index (χ1v) is 10.5. The Morgan fingerprint density at radius 2 is 1.97 bits per heavy atom. The highest BCUT2D eigenvalue weighted by Gasteiger charge is 2.23. The molecule has 1 aliphatic heterocycles. The maximum atomic E-state index is 5.89. The molecule has 0 spiro atoms. The van der Waals surface area contributed by atoms with E-state index in [1.54, 1.807) is 14.2 Å². The monoisotopic (exact) mass is 406 g/mol. The fourth-order valence-electron chi connectivity index (χ4n) is 3.47. The highest BCUT2D eigenvalue weighted by atomic mass is 16.5. The van der Waals surface area contributed by atoms with E-state index in [0.29, 0.717) is 31.7 Å². The van der Waals surface area contributed by atoms with Gasteiger partial charge >= 0.3 is 0 Å². The zero-order valence-electron chi connectivity index (χ0n) is 18.7. The summed E-state index contributed by atoms with van der Waals surface area (Å²) in [4.78, 5) is 6.90. The maximum absolute atomic E-state index is 5.89. The second kappa shape index (κ2) is 12.7. The predicted molar refractivity (Wildman–Crippen MR) is 118 cm³/mol. The van der Waals surface area contributed by atoms with E-state index in [4.69, 9.17) is 14.2 Å². The van der Waals surface area contributed by atoms with E-state index in [1.807, 2.05) is 0 Å². The minimum absolute atomic E-state index is 0.449. The first kappa shape index (κ1) is 23.4. The van der Waals surface area contributed by atoms with Gasteiger partial charge in [-0.15, -0.1) is 0 Å². The quantitative estimate of drug-likeness (QED) is 0.352. The molecule has 1 unspecified atom stereocenters. The lowest BCUT2D eigenvalue weighted by Gasteiger charge is -2.37. The summed E-state index contributed by atoms with van der Waals surface area (Å²) in [6.07, 6.45) is 0. The molecule has 0 radical (unpaired) electrons. The fourth-order valence-corrected chi connectivity index (χ4v) is 3.47. The molecule has 1 aromatic rings. The summed E-state index contributed by atoms with van der Waals surface area (Å²) < 4.78 is 16.5. The van der Waals surface area contributed by atoms with Crippen LogP contribution in [0.25, 0.3) is 0 Å². The molecule has 1 fully saturated rings. The van der Waals surface area contributed by atoms with Crippen molar-refractivity contribution in [2.75, 3.05) is 60.2 Å². The minimum atomic E-state index is 0.449. The molecule has 1 aromatic carbocycles. The van der Waals surface area contributed by atoms with Gasteiger partial charge in [0.15, 0.2) is 5.96 Å². The number of nitrogens with one attached hydrogen (secondary N) is 2. The second-order valence-corrected chi connectivity index (χ2v) is 7.72. The van der Waals surface area contributed by atoms with Gasteiger partial charge in [0, 0.05) is 51.9 Å². The third-order valence-corrected chi connectivity index (χ3v) is 5.20. The Balaban J connectivity index is 1.91. The zero-order chi connectivity index (χ0) is 21.1. The van der Waals surface area contributed by atoms with E-state index in [2.05, 4.69) is 59.5 Å². The molecule has 29 heavy (non-hydrogen) atoms. The van der Waals surface area contributed by atoms with E-state index in [1.165, 1.54) is 5.56 Å². The van der Waals surface area contributed by atoms with Gasteiger partial charge in [0.05, 0.1) is 19.8 Å². The summed E-state index contributed by atoms with van der Waals surface area (Å²) in [5.41, 5.74) is 2.28. The van der Waals surface area contributed by atoms with E-state index in [0.717, 1.165) is 50.1 Å². The van der Waals surface area contributed by atoms with Gasteiger partial charge in [-0.05, 0) is 24.5 Å². The van der Waals surface area contributed by atoms with Gasteiger partial charge in [-0.2, -0.15) is 0 Å². The van der Waals surface area contributed by atoms with Crippen molar-refractivity contribution < 1.29 is 14.2 Å². The number of rotatable bonds is 10. The second-order valence-electron chi connectivity index (χ2n) is 7.72. The van der Waals surface area contributed by atoms with E-state index in [9.17, 15) is 0 Å². The lowest BCUT2D eigenvalue weighted by molar-refractivity contribution is 0.00752. The summed E-state index contributed by atoms with van der Waals surface area (Å²) in [6.45, 7) is 12.8. The number of nitrogens with zero attached hydrogens (tertiary/aromatic N) is 2. The van der Waals surface area contributed by atoms with Crippen molar-refractivity contribution in [1.29, 1.82) is 0 Å². The van der Waals surface area contributed by atoms with Crippen molar-refractivity contribution in [3.8, 4) is 5.75 Å². The van der Waals surface area contributed by atoms with E-state index < -0.39 is 0 Å². The molecule has 7 heteroatoms. The number of methoxy groups -OCH3 is 1. The van der Waals surface area contributed by atoms with E-state index in [-0.39, 0.29) is 0 Å². The minimum Gasteiger partial charge on any atom is -0.491 e. The van der Waals surface area contributed by atoms with Crippen LogP contribution in [0.15, 0.2) is 23.2 Å². The third kappa shape index (κ3) is 7.84. The van der Waals surface area contributed by atoms with Crippen molar-refractivity contribution in [3.05, 3.63) is 29.3 Å². The number of aryl methyl sites for hydroxylation is 1. The van der Waals surface area contributed by atoms with Crippen LogP contribution in [0.1, 0.15) is 25.0 Å². The first-order valence-electron chi connectivity index (χ1n) is 10.5. The van der Waals surface area contributed by atoms with Crippen LogP contribution in [-0.2, 0) is 16.0 Å². The Kier molecular flexibility index (Phi) is 10.2. The summed E-state index contributed by atoms with van der Waals surface area (Å²) >= 11 is 0. The molecule has 0 aliphatic carbocycles. The Labute approximate surface area is 175 Å². The molecule has 7 nitrogen and oxygen atoms in total. The molecule has 0 aromatic heterocycles. The number of hydrogen-bond donors (Lipinski definition) is 2. The molecule has 2 N–H and O–H groups in total. The molecule has 1 aliphatic rings. The number of ether oxygens (including phenoxy) is 3. The number of morpholine rings is 1. The summed E-state index contributed by atoms with van der Waals surface area (Å²) in [6, 6.07) is 6.71. The van der Waals surface area contributed by atoms with Crippen molar-refractivity contribution in [2.24, 2.45) is 10.9 Å². The Hall–Kier alpha value is -1.83. The van der Waals surface area contributed by atoms with Crippen molar-refractivity contribution in [2.45, 2.75) is 33.4 Å². The molecular weight excluding hydrogens is 368 g/mol. The number of hydrogen-bond acceptors (Lipinski definition) is 5. The standard InChI is InChI=1S/C22H38N4O3/c1-17(2)20(26-8-10-28-11-9-26)16-25-22(23-4)24-15-19-7-6-18(3)14-21(19)29-13-12-27-5/h6-7,14,17,20H,8-13,15-16H2,1-5H3,(H2,23,24,25). The van der Waals surface area contributed by atoms with Crippen LogP contribution in [0.4, 0.5) is 0 Å². The highest BCUT2D eigenvalue weighted by molar-refractivity contribution is 5.79. The average molecular weight is 407 g/mol. The largest absolute Gasteiger partial charge is 0.491 e. The van der Waals surface area contributed by atoms with Gasteiger partial charge < -0.3 is 24.8 Å². The van der Waals surface area contributed by atoms with Crippen LogP contribution in [0.5, 0.6) is 5.75 Å². The van der Waals surface area contributed by atoms with Gasteiger partial charge in [0.2, 0.25) is 0 Å².